The van der Waals surface area contributed by atoms with Crippen LogP contribution >= 0.6 is 27.5 Å². The van der Waals surface area contributed by atoms with Gasteiger partial charge in [-0.3, -0.25) is 9.78 Å². The molecule has 0 fully saturated rings. The highest BCUT2D eigenvalue weighted by Gasteiger charge is 2.36. The lowest BCUT2D eigenvalue weighted by molar-refractivity contribution is -0.143. The zero-order valence-corrected chi connectivity index (χ0v) is 10.8. The minimum absolute atomic E-state index is 0.468. The third-order valence-corrected chi connectivity index (χ3v) is 3.32. The SMILES string of the molecule is CCC(C)(C(=O)O)c1ncc(Cl)cc1Br. The first kappa shape index (κ1) is 12.5. The number of carbonyl (C=O) groups is 1. The number of rotatable bonds is 3. The molecule has 0 spiro atoms. The van der Waals surface area contributed by atoms with Crippen LogP contribution in [0.15, 0.2) is 16.7 Å². The molecule has 15 heavy (non-hydrogen) atoms. The molecule has 1 aromatic heterocycles. The summed E-state index contributed by atoms with van der Waals surface area (Å²) in [6.07, 6.45) is 1.92. The standard InChI is InChI=1S/C10H11BrClNO2/c1-3-10(2,9(14)15)8-7(11)4-6(12)5-13-8/h4-5H,3H2,1-2H3,(H,14,15). The summed E-state index contributed by atoms with van der Waals surface area (Å²) in [5.74, 6) is -0.888. The summed E-state index contributed by atoms with van der Waals surface area (Å²) in [6, 6.07) is 1.65. The van der Waals surface area contributed by atoms with Crippen molar-refractivity contribution in [2.45, 2.75) is 25.7 Å². The van der Waals surface area contributed by atoms with Gasteiger partial charge >= 0.3 is 5.97 Å². The maximum Gasteiger partial charge on any atom is 0.315 e. The summed E-state index contributed by atoms with van der Waals surface area (Å²) in [7, 11) is 0. The van der Waals surface area contributed by atoms with E-state index in [-0.39, 0.29) is 0 Å². The molecule has 1 aromatic rings. The Bertz CT molecular complexity index is 397. The van der Waals surface area contributed by atoms with E-state index in [0.29, 0.717) is 21.6 Å². The van der Waals surface area contributed by atoms with E-state index in [9.17, 15) is 9.90 Å². The van der Waals surface area contributed by atoms with Crippen LogP contribution in [0.1, 0.15) is 26.0 Å². The summed E-state index contributed by atoms with van der Waals surface area (Å²) < 4.78 is 0.627. The van der Waals surface area contributed by atoms with Crippen LogP contribution in [0.4, 0.5) is 0 Å². The average Bonchev–Trinajstić information content (AvgIpc) is 2.16. The zero-order chi connectivity index (χ0) is 11.6. The predicted octanol–water partition coefficient (Wildman–Crippen LogP) is 3.25. The van der Waals surface area contributed by atoms with Crippen molar-refractivity contribution in [2.24, 2.45) is 0 Å². The van der Waals surface area contributed by atoms with Gasteiger partial charge < -0.3 is 5.11 Å². The number of hydrogen-bond acceptors (Lipinski definition) is 2. The minimum atomic E-state index is -0.983. The fraction of sp³-hybridized carbons (Fsp3) is 0.400. The van der Waals surface area contributed by atoms with Gasteiger partial charge in [0.1, 0.15) is 5.41 Å². The molecule has 0 saturated carbocycles. The molecule has 82 valence electrons. The molecular weight excluding hydrogens is 281 g/mol. The number of aliphatic carboxylic acids is 1. The molecule has 0 aliphatic heterocycles. The van der Waals surface area contributed by atoms with Crippen molar-refractivity contribution in [1.29, 1.82) is 0 Å². The van der Waals surface area contributed by atoms with Crippen LogP contribution in [0.25, 0.3) is 0 Å². The molecule has 0 aliphatic carbocycles. The molecule has 1 rings (SSSR count). The summed E-state index contributed by atoms with van der Waals surface area (Å²) in [6.45, 7) is 3.47. The molecule has 1 unspecified atom stereocenters. The van der Waals surface area contributed by atoms with E-state index in [1.54, 1.807) is 13.0 Å². The van der Waals surface area contributed by atoms with Gasteiger partial charge in [-0.2, -0.15) is 0 Å². The van der Waals surface area contributed by atoms with Crippen LogP contribution in [0.5, 0.6) is 0 Å². The van der Waals surface area contributed by atoms with Gasteiger partial charge in [-0.15, -0.1) is 0 Å². The van der Waals surface area contributed by atoms with E-state index >= 15 is 0 Å². The topological polar surface area (TPSA) is 50.2 Å². The second-order valence-corrected chi connectivity index (χ2v) is 4.77. The van der Waals surface area contributed by atoms with Gasteiger partial charge in [0.05, 0.1) is 10.7 Å². The number of hydrogen-bond donors (Lipinski definition) is 1. The first-order chi connectivity index (χ1) is 6.91. The largest absolute Gasteiger partial charge is 0.481 e. The Hall–Kier alpha value is -0.610. The Morgan fingerprint density at radius 2 is 2.33 bits per heavy atom. The summed E-state index contributed by atoms with van der Waals surface area (Å²) in [4.78, 5) is 15.3. The predicted molar refractivity (Wildman–Crippen MR) is 62.2 cm³/mol. The number of halogens is 2. The molecule has 0 aliphatic rings. The fourth-order valence-corrected chi connectivity index (χ4v) is 2.32. The van der Waals surface area contributed by atoms with Crippen LogP contribution in [0, 0.1) is 0 Å². The van der Waals surface area contributed by atoms with Crippen molar-refractivity contribution in [1.82, 2.24) is 4.98 Å². The quantitative estimate of drug-likeness (QED) is 0.930. The summed E-state index contributed by atoms with van der Waals surface area (Å²) in [5.41, 5.74) is -0.481. The molecule has 3 nitrogen and oxygen atoms in total. The second-order valence-electron chi connectivity index (χ2n) is 3.47. The summed E-state index contributed by atoms with van der Waals surface area (Å²) in [5, 5.41) is 9.67. The van der Waals surface area contributed by atoms with Gasteiger partial charge in [0, 0.05) is 10.7 Å². The lowest BCUT2D eigenvalue weighted by atomic mass is 9.84. The third-order valence-electron chi connectivity index (χ3n) is 2.51. The van der Waals surface area contributed by atoms with Crippen molar-refractivity contribution in [3.8, 4) is 0 Å². The lowest BCUT2D eigenvalue weighted by Gasteiger charge is -2.23. The van der Waals surface area contributed by atoms with E-state index in [1.165, 1.54) is 6.20 Å². The van der Waals surface area contributed by atoms with E-state index < -0.39 is 11.4 Å². The first-order valence-electron chi connectivity index (χ1n) is 4.46. The molecule has 1 N–H and O–H groups in total. The second kappa shape index (κ2) is 4.49. The molecule has 5 heteroatoms. The zero-order valence-electron chi connectivity index (χ0n) is 8.42. The van der Waals surface area contributed by atoms with E-state index in [1.807, 2.05) is 6.92 Å². The van der Waals surface area contributed by atoms with Crippen molar-refractivity contribution >= 4 is 33.5 Å². The fourth-order valence-electron chi connectivity index (χ4n) is 1.24. The van der Waals surface area contributed by atoms with Crippen LogP contribution < -0.4 is 0 Å². The minimum Gasteiger partial charge on any atom is -0.481 e. The Kier molecular flexibility index (Phi) is 3.73. The lowest BCUT2D eigenvalue weighted by Crippen LogP contribution is -2.33. The van der Waals surface area contributed by atoms with E-state index in [0.717, 1.165) is 0 Å². The van der Waals surface area contributed by atoms with Gasteiger partial charge in [-0.05, 0) is 35.3 Å². The normalized spacial score (nSPS) is 14.7. The number of aromatic nitrogens is 1. The summed E-state index contributed by atoms with van der Waals surface area (Å²) >= 11 is 9.03. The first-order valence-corrected chi connectivity index (χ1v) is 5.64. The van der Waals surface area contributed by atoms with Crippen molar-refractivity contribution < 1.29 is 9.90 Å². The number of carboxylic acids is 1. The highest BCUT2D eigenvalue weighted by Crippen LogP contribution is 2.32. The van der Waals surface area contributed by atoms with Gasteiger partial charge in [-0.25, -0.2) is 0 Å². The molecular formula is C10H11BrClNO2. The maximum absolute atomic E-state index is 11.2. The van der Waals surface area contributed by atoms with Crippen molar-refractivity contribution in [2.75, 3.05) is 0 Å². The Balaban J connectivity index is 3.30. The third kappa shape index (κ3) is 2.32. The maximum atomic E-state index is 11.2. The van der Waals surface area contributed by atoms with E-state index in [2.05, 4.69) is 20.9 Å². The number of pyridine rings is 1. The Morgan fingerprint density at radius 1 is 1.73 bits per heavy atom. The van der Waals surface area contributed by atoms with Crippen LogP contribution in [-0.4, -0.2) is 16.1 Å². The van der Waals surface area contributed by atoms with Gasteiger partial charge in [0.15, 0.2) is 0 Å². The Labute approximate surface area is 102 Å². The molecule has 1 heterocycles. The van der Waals surface area contributed by atoms with Gasteiger partial charge in [0.25, 0.3) is 0 Å². The monoisotopic (exact) mass is 291 g/mol. The molecule has 0 saturated heterocycles. The van der Waals surface area contributed by atoms with Crippen molar-refractivity contribution in [3.05, 3.63) is 27.5 Å². The molecule has 0 radical (unpaired) electrons. The van der Waals surface area contributed by atoms with Crippen molar-refractivity contribution in [3.63, 3.8) is 0 Å². The number of carboxylic acid groups (broad SMARTS) is 1. The Morgan fingerprint density at radius 3 is 2.73 bits per heavy atom. The smallest absolute Gasteiger partial charge is 0.315 e. The highest BCUT2D eigenvalue weighted by molar-refractivity contribution is 9.10. The average molecular weight is 293 g/mol. The van der Waals surface area contributed by atoms with Crippen LogP contribution in [0.2, 0.25) is 5.02 Å². The van der Waals surface area contributed by atoms with Gasteiger partial charge in [0.2, 0.25) is 0 Å². The molecule has 1 atom stereocenters. The molecule has 0 aromatic carbocycles. The van der Waals surface area contributed by atoms with E-state index in [4.69, 9.17) is 11.6 Å². The van der Waals surface area contributed by atoms with Crippen LogP contribution in [0.3, 0.4) is 0 Å². The number of nitrogens with zero attached hydrogens (tertiary/aromatic N) is 1. The van der Waals surface area contributed by atoms with Gasteiger partial charge in [-0.1, -0.05) is 18.5 Å². The molecule has 0 bridgehead atoms. The van der Waals surface area contributed by atoms with Crippen LogP contribution in [-0.2, 0) is 10.2 Å². The highest BCUT2D eigenvalue weighted by atomic mass is 79.9. The molecule has 0 amide bonds.